The zero-order valence-corrected chi connectivity index (χ0v) is 15.4. The van der Waals surface area contributed by atoms with Crippen LogP contribution < -0.4 is 4.74 Å². The quantitative estimate of drug-likeness (QED) is 0.707. The lowest BCUT2D eigenvalue weighted by atomic mass is 10.1. The van der Waals surface area contributed by atoms with E-state index < -0.39 is 10.0 Å². The summed E-state index contributed by atoms with van der Waals surface area (Å²) >= 11 is 0. The Morgan fingerprint density at radius 2 is 1.76 bits per heavy atom. The molecule has 5 nitrogen and oxygen atoms in total. The number of unbranched alkanes of at least 4 members (excludes halogenated alkanes) is 2. The van der Waals surface area contributed by atoms with Crippen molar-refractivity contribution in [2.45, 2.75) is 31.1 Å². The van der Waals surface area contributed by atoms with Gasteiger partial charge < -0.3 is 9.47 Å². The molecule has 0 radical (unpaired) electrons. The molecule has 1 heterocycles. The third-order valence-electron chi connectivity index (χ3n) is 4.44. The highest BCUT2D eigenvalue weighted by Gasteiger charge is 2.28. The third-order valence-corrected chi connectivity index (χ3v) is 6.39. The van der Waals surface area contributed by atoms with E-state index in [0.29, 0.717) is 43.2 Å². The van der Waals surface area contributed by atoms with E-state index in [9.17, 15) is 8.42 Å². The maximum Gasteiger partial charge on any atom is 0.243 e. The predicted octanol–water partition coefficient (Wildman–Crippen LogP) is 3.43. The highest BCUT2D eigenvalue weighted by Crippen LogP contribution is 2.32. The second-order valence-corrected chi connectivity index (χ2v) is 8.09. The summed E-state index contributed by atoms with van der Waals surface area (Å²) in [5, 5.41) is 1.55. The summed E-state index contributed by atoms with van der Waals surface area (Å²) in [6, 6.07) is 11.0. The molecule has 1 aliphatic heterocycles. The van der Waals surface area contributed by atoms with Crippen LogP contribution in [0.1, 0.15) is 26.2 Å². The molecule has 1 saturated heterocycles. The van der Waals surface area contributed by atoms with E-state index in [2.05, 4.69) is 6.92 Å². The molecule has 25 heavy (non-hydrogen) atoms. The first-order chi connectivity index (χ1) is 12.1. The van der Waals surface area contributed by atoms with Gasteiger partial charge in [0.25, 0.3) is 0 Å². The molecule has 0 atom stereocenters. The van der Waals surface area contributed by atoms with Gasteiger partial charge >= 0.3 is 0 Å². The molecule has 0 bridgehead atoms. The lowest BCUT2D eigenvalue weighted by Gasteiger charge is -2.26. The fourth-order valence-electron chi connectivity index (χ4n) is 3.05. The predicted molar refractivity (Wildman–Crippen MR) is 98.5 cm³/mol. The SMILES string of the molecule is CCCCCOc1ccc(S(=O)(=O)N2CCOCC2)c2ccccc12. The summed E-state index contributed by atoms with van der Waals surface area (Å²) in [4.78, 5) is 0.339. The number of hydrogen-bond donors (Lipinski definition) is 0. The number of nitrogens with zero attached hydrogens (tertiary/aromatic N) is 1. The average molecular weight is 363 g/mol. The molecule has 1 aliphatic rings. The van der Waals surface area contributed by atoms with E-state index in [-0.39, 0.29) is 0 Å². The fraction of sp³-hybridized carbons (Fsp3) is 0.474. The number of hydrogen-bond acceptors (Lipinski definition) is 4. The normalized spacial score (nSPS) is 16.2. The Labute approximate surface area is 149 Å². The van der Waals surface area contributed by atoms with E-state index in [0.717, 1.165) is 30.4 Å². The molecular formula is C19H25NO4S. The highest BCUT2D eigenvalue weighted by atomic mass is 32.2. The molecule has 2 aromatic rings. The van der Waals surface area contributed by atoms with Gasteiger partial charge in [-0.15, -0.1) is 0 Å². The molecule has 0 aromatic heterocycles. The Bertz CT molecular complexity index is 813. The topological polar surface area (TPSA) is 55.8 Å². The molecule has 0 saturated carbocycles. The lowest BCUT2D eigenvalue weighted by Crippen LogP contribution is -2.40. The Hall–Kier alpha value is -1.63. The van der Waals surface area contributed by atoms with Gasteiger partial charge in [0.15, 0.2) is 0 Å². The summed E-state index contributed by atoms with van der Waals surface area (Å²) < 4.78 is 38.8. The monoisotopic (exact) mass is 363 g/mol. The zero-order valence-electron chi connectivity index (χ0n) is 14.6. The fourth-order valence-corrected chi connectivity index (χ4v) is 4.66. The molecule has 0 unspecified atom stereocenters. The van der Waals surface area contributed by atoms with E-state index in [4.69, 9.17) is 9.47 Å². The first-order valence-corrected chi connectivity index (χ1v) is 10.3. The van der Waals surface area contributed by atoms with Gasteiger partial charge in [0.1, 0.15) is 5.75 Å². The van der Waals surface area contributed by atoms with E-state index in [1.807, 2.05) is 24.3 Å². The Balaban J connectivity index is 1.94. The number of fused-ring (bicyclic) bond motifs is 1. The number of morpholine rings is 1. The summed E-state index contributed by atoms with van der Waals surface area (Å²) in [6.45, 7) is 4.47. The smallest absolute Gasteiger partial charge is 0.243 e. The summed E-state index contributed by atoms with van der Waals surface area (Å²) in [6.07, 6.45) is 3.26. The Kier molecular flexibility index (Phi) is 5.93. The summed E-state index contributed by atoms with van der Waals surface area (Å²) in [7, 11) is -3.54. The number of benzene rings is 2. The number of sulfonamides is 1. The van der Waals surface area contributed by atoms with Crippen LogP contribution in [0.15, 0.2) is 41.3 Å². The molecule has 1 fully saturated rings. The van der Waals surface area contributed by atoms with E-state index in [1.165, 1.54) is 4.31 Å². The van der Waals surface area contributed by atoms with Crippen LogP contribution in [0, 0.1) is 0 Å². The van der Waals surface area contributed by atoms with E-state index in [1.54, 1.807) is 12.1 Å². The van der Waals surface area contributed by atoms with Gasteiger partial charge in [-0.3, -0.25) is 0 Å². The zero-order chi connectivity index (χ0) is 17.7. The summed E-state index contributed by atoms with van der Waals surface area (Å²) in [5.41, 5.74) is 0. The maximum atomic E-state index is 13.0. The van der Waals surface area contributed by atoms with Gasteiger partial charge in [0, 0.05) is 23.9 Å². The van der Waals surface area contributed by atoms with Crippen LogP contribution in [0.5, 0.6) is 5.75 Å². The van der Waals surface area contributed by atoms with Crippen molar-refractivity contribution in [3.05, 3.63) is 36.4 Å². The number of ether oxygens (including phenoxy) is 2. The van der Waals surface area contributed by atoms with Crippen LogP contribution >= 0.6 is 0 Å². The molecule has 3 rings (SSSR count). The molecule has 0 spiro atoms. The second kappa shape index (κ2) is 8.17. The van der Waals surface area contributed by atoms with Crippen molar-refractivity contribution < 1.29 is 17.9 Å². The Morgan fingerprint density at radius 3 is 2.48 bits per heavy atom. The molecule has 0 aliphatic carbocycles. The van der Waals surface area contributed by atoms with Gasteiger partial charge in [-0.05, 0) is 18.6 Å². The van der Waals surface area contributed by atoms with Crippen LogP contribution in [0.3, 0.4) is 0 Å². The molecule has 2 aromatic carbocycles. The lowest BCUT2D eigenvalue weighted by molar-refractivity contribution is 0.0730. The first-order valence-electron chi connectivity index (χ1n) is 8.87. The van der Waals surface area contributed by atoms with Crippen molar-refractivity contribution in [3.63, 3.8) is 0 Å². The third kappa shape index (κ3) is 3.97. The largest absolute Gasteiger partial charge is 0.493 e. The minimum atomic E-state index is -3.54. The van der Waals surface area contributed by atoms with E-state index >= 15 is 0 Å². The van der Waals surface area contributed by atoms with Crippen molar-refractivity contribution >= 4 is 20.8 Å². The maximum absolute atomic E-state index is 13.0. The molecule has 136 valence electrons. The minimum Gasteiger partial charge on any atom is -0.493 e. The summed E-state index contributed by atoms with van der Waals surface area (Å²) in [5.74, 6) is 0.743. The highest BCUT2D eigenvalue weighted by molar-refractivity contribution is 7.89. The van der Waals surface area contributed by atoms with Gasteiger partial charge in [-0.2, -0.15) is 4.31 Å². The first kappa shape index (κ1) is 18.2. The number of rotatable bonds is 7. The van der Waals surface area contributed by atoms with Gasteiger partial charge in [-0.1, -0.05) is 44.0 Å². The molecular weight excluding hydrogens is 338 g/mol. The standard InChI is InChI=1S/C19H25NO4S/c1-2-3-6-13-24-18-9-10-19(17-8-5-4-7-16(17)18)25(21,22)20-11-14-23-15-12-20/h4-5,7-10H,2-3,6,11-15H2,1H3. The molecule has 0 N–H and O–H groups in total. The van der Waals surface area contributed by atoms with Crippen molar-refractivity contribution in [2.75, 3.05) is 32.9 Å². The molecule has 6 heteroatoms. The Morgan fingerprint density at radius 1 is 1.04 bits per heavy atom. The average Bonchev–Trinajstić information content (AvgIpc) is 2.65. The van der Waals surface area contributed by atoms with Gasteiger partial charge in [0.05, 0.1) is 24.7 Å². The van der Waals surface area contributed by atoms with Crippen LogP contribution in [0.2, 0.25) is 0 Å². The van der Waals surface area contributed by atoms with Crippen LogP contribution in [-0.2, 0) is 14.8 Å². The van der Waals surface area contributed by atoms with Crippen LogP contribution in [0.4, 0.5) is 0 Å². The van der Waals surface area contributed by atoms with Crippen LogP contribution in [0.25, 0.3) is 10.8 Å². The van der Waals surface area contributed by atoms with Crippen molar-refractivity contribution in [1.29, 1.82) is 0 Å². The minimum absolute atomic E-state index is 0.339. The molecule has 0 amide bonds. The van der Waals surface area contributed by atoms with Gasteiger partial charge in [-0.25, -0.2) is 8.42 Å². The van der Waals surface area contributed by atoms with Crippen molar-refractivity contribution in [1.82, 2.24) is 4.31 Å². The van der Waals surface area contributed by atoms with Crippen molar-refractivity contribution in [2.24, 2.45) is 0 Å². The van der Waals surface area contributed by atoms with Crippen molar-refractivity contribution in [3.8, 4) is 5.75 Å². The van der Waals surface area contributed by atoms with Crippen LogP contribution in [-0.4, -0.2) is 45.6 Å². The van der Waals surface area contributed by atoms with Gasteiger partial charge in [0.2, 0.25) is 10.0 Å². The second-order valence-electron chi connectivity index (χ2n) is 6.18.